The van der Waals surface area contributed by atoms with Gasteiger partial charge < -0.3 is 0 Å². The lowest BCUT2D eigenvalue weighted by molar-refractivity contribution is 0.953. The van der Waals surface area contributed by atoms with Crippen LogP contribution < -0.4 is 0 Å². The second kappa shape index (κ2) is 11.9. The van der Waals surface area contributed by atoms with Crippen molar-refractivity contribution in [2.24, 2.45) is 0 Å². The molecule has 1 aliphatic rings. The fraction of sp³-hybridized carbons (Fsp3) is 0. The van der Waals surface area contributed by atoms with Crippen LogP contribution in [-0.4, -0.2) is 19.5 Å². The molecule has 0 fully saturated rings. The lowest BCUT2D eigenvalue weighted by Gasteiger charge is -2.13. The minimum Gasteiger partial charge on any atom is -0.278 e. The van der Waals surface area contributed by atoms with E-state index in [-0.39, 0.29) is 0 Å². The molecule has 51 heavy (non-hydrogen) atoms. The monoisotopic (exact) mass is 650 g/mol. The number of benzene rings is 7. The Labute approximate surface area is 295 Å². The molecule has 0 amide bonds. The van der Waals surface area contributed by atoms with Crippen molar-refractivity contribution in [2.45, 2.75) is 0 Å². The van der Waals surface area contributed by atoms with Gasteiger partial charge in [0.2, 0.25) is 5.95 Å². The van der Waals surface area contributed by atoms with Crippen molar-refractivity contribution in [3.8, 4) is 51.0 Å². The standard InChI is InChI=1S/C47H30N4/c1-4-15-31(16-5-1)29-41-36-21-10-11-23-39(36)44-35(24-14-25-40(41)44)34-27-28-38-37-22-12-13-26-42(37)51(43(38)30-34)47-49-45(32-17-6-2-7-18-32)48-46(50-47)33-19-8-3-9-20-33/h1-30H. The quantitative estimate of drug-likeness (QED) is 0.186. The number of para-hydroxylation sites is 1. The van der Waals surface area contributed by atoms with E-state index in [9.17, 15) is 0 Å². The zero-order valence-corrected chi connectivity index (χ0v) is 27.6. The SMILES string of the molecule is C(=C1c2ccccc2-c2c1cccc2-c1ccc2c3ccccc3n(-c3nc(-c4ccccc4)nc(-c4ccccc4)n3)c2c1)c1ccccc1. The first-order chi connectivity index (χ1) is 25.3. The average molecular weight is 651 g/mol. The Morgan fingerprint density at radius 1 is 0.392 bits per heavy atom. The second-order valence-corrected chi connectivity index (χ2v) is 12.8. The Hall–Kier alpha value is -6.91. The van der Waals surface area contributed by atoms with Gasteiger partial charge in [0.15, 0.2) is 11.6 Å². The van der Waals surface area contributed by atoms with Crippen molar-refractivity contribution in [1.82, 2.24) is 19.5 Å². The van der Waals surface area contributed by atoms with Gasteiger partial charge in [-0.3, -0.25) is 4.57 Å². The Kier molecular flexibility index (Phi) is 6.78. The molecular weight excluding hydrogens is 621 g/mol. The number of nitrogens with zero attached hydrogens (tertiary/aromatic N) is 4. The van der Waals surface area contributed by atoms with E-state index in [0.717, 1.165) is 38.5 Å². The van der Waals surface area contributed by atoms with E-state index in [1.54, 1.807) is 0 Å². The topological polar surface area (TPSA) is 43.6 Å². The number of hydrogen-bond acceptors (Lipinski definition) is 3. The molecule has 1 aliphatic carbocycles. The summed E-state index contributed by atoms with van der Waals surface area (Å²) >= 11 is 0. The van der Waals surface area contributed by atoms with Gasteiger partial charge in [-0.1, -0.05) is 164 Å². The van der Waals surface area contributed by atoms with Crippen LogP contribution in [0.4, 0.5) is 0 Å². The number of hydrogen-bond donors (Lipinski definition) is 0. The molecule has 0 radical (unpaired) electrons. The molecule has 0 aliphatic heterocycles. The summed E-state index contributed by atoms with van der Waals surface area (Å²) in [6.45, 7) is 0. The number of aromatic nitrogens is 4. The lowest BCUT2D eigenvalue weighted by Crippen LogP contribution is -2.06. The first kappa shape index (κ1) is 29.0. The molecule has 4 heteroatoms. The molecule has 0 bridgehead atoms. The summed E-state index contributed by atoms with van der Waals surface area (Å²) in [5, 5.41) is 2.30. The molecule has 0 saturated carbocycles. The van der Waals surface area contributed by atoms with E-state index in [2.05, 4.69) is 126 Å². The highest BCUT2D eigenvalue weighted by atomic mass is 15.2. The van der Waals surface area contributed by atoms with Gasteiger partial charge in [0, 0.05) is 21.9 Å². The predicted molar refractivity (Wildman–Crippen MR) is 209 cm³/mol. The Balaban J connectivity index is 1.22. The maximum absolute atomic E-state index is 5.14. The summed E-state index contributed by atoms with van der Waals surface area (Å²) in [5.41, 5.74) is 13.8. The summed E-state index contributed by atoms with van der Waals surface area (Å²) in [4.78, 5) is 15.3. The molecule has 9 aromatic rings. The first-order valence-corrected chi connectivity index (χ1v) is 17.2. The van der Waals surface area contributed by atoms with Crippen molar-refractivity contribution in [1.29, 1.82) is 0 Å². The van der Waals surface area contributed by atoms with Gasteiger partial charge in [-0.15, -0.1) is 0 Å². The van der Waals surface area contributed by atoms with Crippen molar-refractivity contribution in [3.63, 3.8) is 0 Å². The number of fused-ring (bicyclic) bond motifs is 6. The van der Waals surface area contributed by atoms with E-state index >= 15 is 0 Å². The minimum absolute atomic E-state index is 0.586. The van der Waals surface area contributed by atoms with Crippen LogP contribution in [0, 0.1) is 0 Å². The zero-order valence-electron chi connectivity index (χ0n) is 27.6. The van der Waals surface area contributed by atoms with E-state index in [1.807, 2.05) is 60.7 Å². The van der Waals surface area contributed by atoms with E-state index < -0.39 is 0 Å². The smallest absolute Gasteiger partial charge is 0.238 e. The average Bonchev–Trinajstić information content (AvgIpc) is 3.71. The Bertz CT molecular complexity index is 2720. The van der Waals surface area contributed by atoms with Crippen LogP contribution in [0.3, 0.4) is 0 Å². The van der Waals surface area contributed by atoms with Crippen LogP contribution >= 0.6 is 0 Å². The zero-order chi connectivity index (χ0) is 33.7. The van der Waals surface area contributed by atoms with Gasteiger partial charge in [-0.05, 0) is 62.7 Å². The maximum Gasteiger partial charge on any atom is 0.238 e. The van der Waals surface area contributed by atoms with Gasteiger partial charge in [0.25, 0.3) is 0 Å². The third-order valence-corrected chi connectivity index (χ3v) is 9.82. The molecule has 10 rings (SSSR count). The fourth-order valence-electron chi connectivity index (χ4n) is 7.51. The van der Waals surface area contributed by atoms with Gasteiger partial charge in [0.1, 0.15) is 0 Å². The van der Waals surface area contributed by atoms with Crippen LogP contribution in [0.25, 0.3) is 84.4 Å². The number of rotatable bonds is 5. The van der Waals surface area contributed by atoms with Gasteiger partial charge in [0.05, 0.1) is 11.0 Å². The molecule has 0 spiro atoms. The molecule has 0 N–H and O–H groups in total. The summed E-state index contributed by atoms with van der Waals surface area (Å²) in [7, 11) is 0. The van der Waals surface area contributed by atoms with E-state index in [4.69, 9.17) is 15.0 Å². The van der Waals surface area contributed by atoms with Crippen LogP contribution in [0.2, 0.25) is 0 Å². The highest BCUT2D eigenvalue weighted by Crippen LogP contribution is 2.49. The largest absolute Gasteiger partial charge is 0.278 e. The summed E-state index contributed by atoms with van der Waals surface area (Å²) in [5.74, 6) is 1.86. The van der Waals surface area contributed by atoms with Gasteiger partial charge >= 0.3 is 0 Å². The summed E-state index contributed by atoms with van der Waals surface area (Å²) in [6, 6.07) is 61.7. The third kappa shape index (κ3) is 4.88. The molecule has 2 heterocycles. The molecule has 0 saturated heterocycles. The van der Waals surface area contributed by atoms with Crippen molar-refractivity contribution >= 4 is 33.5 Å². The molecule has 0 unspecified atom stereocenters. The summed E-state index contributed by atoms with van der Waals surface area (Å²) < 4.78 is 2.20. The minimum atomic E-state index is 0.586. The van der Waals surface area contributed by atoms with Crippen LogP contribution in [0.5, 0.6) is 0 Å². The van der Waals surface area contributed by atoms with E-state index in [1.165, 1.54) is 39.0 Å². The van der Waals surface area contributed by atoms with E-state index in [0.29, 0.717) is 17.6 Å². The predicted octanol–water partition coefficient (Wildman–Crippen LogP) is 11.5. The molecule has 4 nitrogen and oxygen atoms in total. The van der Waals surface area contributed by atoms with Crippen molar-refractivity contribution in [3.05, 3.63) is 193 Å². The van der Waals surface area contributed by atoms with Gasteiger partial charge in [-0.25, -0.2) is 4.98 Å². The van der Waals surface area contributed by atoms with Crippen molar-refractivity contribution < 1.29 is 0 Å². The van der Waals surface area contributed by atoms with Crippen LogP contribution in [0.15, 0.2) is 176 Å². The molecule has 238 valence electrons. The highest BCUT2D eigenvalue weighted by Gasteiger charge is 2.26. The normalized spacial score (nSPS) is 12.7. The summed E-state index contributed by atoms with van der Waals surface area (Å²) in [6.07, 6.45) is 2.31. The van der Waals surface area contributed by atoms with Crippen LogP contribution in [0.1, 0.15) is 16.7 Å². The highest BCUT2D eigenvalue weighted by molar-refractivity contribution is 6.13. The second-order valence-electron chi connectivity index (χ2n) is 12.8. The van der Waals surface area contributed by atoms with Gasteiger partial charge in [-0.2, -0.15) is 9.97 Å². The van der Waals surface area contributed by atoms with Crippen molar-refractivity contribution in [2.75, 3.05) is 0 Å². The molecule has 0 atom stereocenters. The molecular formula is C47H30N4. The lowest BCUT2D eigenvalue weighted by atomic mass is 9.93. The maximum atomic E-state index is 5.14. The third-order valence-electron chi connectivity index (χ3n) is 9.82. The first-order valence-electron chi connectivity index (χ1n) is 17.2. The Morgan fingerprint density at radius 2 is 0.961 bits per heavy atom. The Morgan fingerprint density at radius 3 is 1.69 bits per heavy atom. The van der Waals surface area contributed by atoms with Crippen LogP contribution in [-0.2, 0) is 0 Å². The molecule has 7 aromatic carbocycles. The molecule has 2 aromatic heterocycles. The fourth-order valence-corrected chi connectivity index (χ4v) is 7.51.